The van der Waals surface area contributed by atoms with Crippen LogP contribution in [0.5, 0.6) is 5.75 Å². The Morgan fingerprint density at radius 3 is 2.36 bits per heavy atom. The molecule has 1 amide bonds. The van der Waals surface area contributed by atoms with Gasteiger partial charge in [-0.25, -0.2) is 14.6 Å². The number of esters is 2. The van der Waals surface area contributed by atoms with Gasteiger partial charge in [-0.1, -0.05) is 49.5 Å². The zero-order chi connectivity index (χ0) is 30.4. The van der Waals surface area contributed by atoms with Crippen molar-refractivity contribution in [2.24, 2.45) is 0 Å². The summed E-state index contributed by atoms with van der Waals surface area (Å²) in [6.07, 6.45) is 3.30. The van der Waals surface area contributed by atoms with E-state index < -0.39 is 35.4 Å². The molecule has 1 N–H and O–H groups in total. The molecule has 0 saturated carbocycles. The smallest absolute Gasteiger partial charge is 0.350 e. The average Bonchev–Trinajstić information content (AvgIpc) is 3.51. The number of rotatable bonds is 11. The summed E-state index contributed by atoms with van der Waals surface area (Å²) in [6.45, 7) is 7.71. The molecule has 1 fully saturated rings. The van der Waals surface area contributed by atoms with E-state index in [4.69, 9.17) is 14.2 Å². The second kappa shape index (κ2) is 13.3. The van der Waals surface area contributed by atoms with Gasteiger partial charge in [-0.15, -0.1) is 0 Å². The first kappa shape index (κ1) is 30.2. The van der Waals surface area contributed by atoms with Crippen molar-refractivity contribution in [1.82, 2.24) is 4.98 Å². The Hall–Kier alpha value is -4.77. The summed E-state index contributed by atoms with van der Waals surface area (Å²) >= 11 is 0.890. The highest BCUT2D eigenvalue weighted by Crippen LogP contribution is 2.44. The molecule has 218 valence electrons. The van der Waals surface area contributed by atoms with E-state index in [2.05, 4.69) is 18.5 Å². The van der Waals surface area contributed by atoms with Crippen molar-refractivity contribution in [2.75, 3.05) is 25.2 Å². The van der Waals surface area contributed by atoms with Gasteiger partial charge in [0.15, 0.2) is 5.13 Å². The van der Waals surface area contributed by atoms with Crippen molar-refractivity contribution >= 4 is 45.9 Å². The van der Waals surface area contributed by atoms with Crippen LogP contribution in [0.2, 0.25) is 0 Å². The first-order chi connectivity index (χ1) is 20.2. The van der Waals surface area contributed by atoms with Gasteiger partial charge in [0.2, 0.25) is 0 Å². The summed E-state index contributed by atoms with van der Waals surface area (Å²) < 4.78 is 15.6. The average molecular weight is 591 g/mol. The summed E-state index contributed by atoms with van der Waals surface area (Å²) in [7, 11) is 1.26. The number of aryl methyl sites for hydroxylation is 1. The number of hydrogen-bond donors (Lipinski definition) is 1. The molecule has 0 aliphatic carbocycles. The summed E-state index contributed by atoms with van der Waals surface area (Å²) in [5, 5.41) is 11.5. The molecule has 1 aliphatic rings. The van der Waals surface area contributed by atoms with Crippen molar-refractivity contribution in [3.8, 4) is 5.75 Å². The molecule has 11 heteroatoms. The molecule has 1 unspecified atom stereocenters. The van der Waals surface area contributed by atoms with Crippen molar-refractivity contribution in [3.05, 3.63) is 94.0 Å². The van der Waals surface area contributed by atoms with Crippen LogP contribution in [0.4, 0.5) is 5.13 Å². The number of ether oxygens (including phenoxy) is 3. The number of amides is 1. The monoisotopic (exact) mass is 590 g/mol. The molecule has 1 saturated heterocycles. The van der Waals surface area contributed by atoms with Crippen LogP contribution in [-0.4, -0.2) is 54.0 Å². The van der Waals surface area contributed by atoms with E-state index in [1.807, 2.05) is 0 Å². The lowest BCUT2D eigenvalue weighted by molar-refractivity contribution is -0.132. The fraction of sp³-hybridized carbons (Fsp3) is 0.258. The third-order valence-electron chi connectivity index (χ3n) is 6.50. The Kier molecular flexibility index (Phi) is 9.53. The van der Waals surface area contributed by atoms with Gasteiger partial charge in [-0.3, -0.25) is 14.5 Å². The lowest BCUT2D eigenvalue weighted by Crippen LogP contribution is -2.29. The maximum absolute atomic E-state index is 13.5. The van der Waals surface area contributed by atoms with Gasteiger partial charge < -0.3 is 19.3 Å². The van der Waals surface area contributed by atoms with E-state index in [1.54, 1.807) is 43.3 Å². The quantitative estimate of drug-likeness (QED) is 0.0780. The van der Waals surface area contributed by atoms with E-state index in [9.17, 15) is 24.3 Å². The summed E-state index contributed by atoms with van der Waals surface area (Å²) in [4.78, 5) is 57.3. The van der Waals surface area contributed by atoms with E-state index in [0.29, 0.717) is 29.2 Å². The number of aromatic nitrogens is 1. The van der Waals surface area contributed by atoms with Crippen molar-refractivity contribution < 1.29 is 38.5 Å². The first-order valence-corrected chi connectivity index (χ1v) is 14.0. The molecule has 1 aromatic heterocycles. The normalized spacial score (nSPS) is 15.9. The standard InChI is InChI=1S/C31H30N2O8S/c1-5-7-17-40-22-14-12-20(13-15-22)25(34)23-24(19-8-10-21(11-9-19)29(37)39-4)33(28(36)26(23)35)31-32-18(3)27(42-31)30(38)41-16-6-2/h6,8-15,24,34H,2,5,7,16-17H2,1,3-4H3/b25-23-. The molecule has 2 aromatic carbocycles. The van der Waals surface area contributed by atoms with Gasteiger partial charge in [0.25, 0.3) is 5.78 Å². The maximum atomic E-state index is 13.5. The molecule has 4 rings (SSSR count). The molecule has 0 spiro atoms. The third-order valence-corrected chi connectivity index (χ3v) is 7.63. The number of anilines is 1. The van der Waals surface area contributed by atoms with Gasteiger partial charge in [0.05, 0.1) is 36.6 Å². The summed E-state index contributed by atoms with van der Waals surface area (Å²) in [5.74, 6) is -2.86. The fourth-order valence-electron chi connectivity index (χ4n) is 4.34. The second-order valence-corrected chi connectivity index (χ2v) is 10.3. The van der Waals surface area contributed by atoms with Crippen molar-refractivity contribution in [1.29, 1.82) is 0 Å². The molecular formula is C31H30N2O8S. The van der Waals surface area contributed by atoms with E-state index in [0.717, 1.165) is 29.1 Å². The molecule has 0 radical (unpaired) electrons. The number of unbranched alkanes of at least 4 members (excludes halogenated alkanes) is 1. The lowest BCUT2D eigenvalue weighted by atomic mass is 9.94. The third kappa shape index (κ3) is 6.10. The Labute approximate surface area is 246 Å². The molecule has 3 aromatic rings. The zero-order valence-corrected chi connectivity index (χ0v) is 24.2. The number of Topliss-reactive ketones (excluding diaryl/α,β-unsaturated/α-hetero) is 1. The number of aliphatic hydroxyl groups excluding tert-OH is 1. The lowest BCUT2D eigenvalue weighted by Gasteiger charge is -2.23. The minimum Gasteiger partial charge on any atom is -0.507 e. The van der Waals surface area contributed by atoms with Crippen molar-refractivity contribution in [3.63, 3.8) is 0 Å². The van der Waals surface area contributed by atoms with E-state index in [-0.39, 0.29) is 27.8 Å². The number of thiazole rings is 1. The SMILES string of the molecule is C=CCOC(=O)c1sc(N2C(=O)C(=O)/C(=C(\O)c3ccc(OCCCC)cc3)C2c2ccc(C(=O)OC)cc2)nc1C. The van der Waals surface area contributed by atoms with E-state index in [1.165, 1.54) is 25.3 Å². The van der Waals surface area contributed by atoms with Crippen LogP contribution in [0.1, 0.15) is 62.7 Å². The molecule has 2 heterocycles. The predicted molar refractivity (Wildman–Crippen MR) is 157 cm³/mol. The predicted octanol–water partition coefficient (Wildman–Crippen LogP) is 5.39. The van der Waals surface area contributed by atoms with Crippen LogP contribution in [0.3, 0.4) is 0 Å². The Morgan fingerprint density at radius 2 is 1.74 bits per heavy atom. The highest BCUT2D eigenvalue weighted by Gasteiger charge is 2.48. The molecule has 0 bridgehead atoms. The topological polar surface area (TPSA) is 132 Å². The van der Waals surface area contributed by atoms with Crippen LogP contribution < -0.4 is 9.64 Å². The molecule has 10 nitrogen and oxygen atoms in total. The first-order valence-electron chi connectivity index (χ1n) is 13.2. The van der Waals surface area contributed by atoms with Gasteiger partial charge in [0.1, 0.15) is 23.0 Å². The number of methoxy groups -OCH3 is 1. The number of hydrogen-bond acceptors (Lipinski definition) is 10. The number of ketones is 1. The minimum atomic E-state index is -1.11. The van der Waals surface area contributed by atoms with Crippen LogP contribution >= 0.6 is 11.3 Å². The zero-order valence-electron chi connectivity index (χ0n) is 23.4. The minimum absolute atomic E-state index is 0.00893. The Morgan fingerprint density at radius 1 is 1.07 bits per heavy atom. The second-order valence-electron chi connectivity index (χ2n) is 9.31. The van der Waals surface area contributed by atoms with Crippen LogP contribution in [0, 0.1) is 6.92 Å². The summed E-state index contributed by atoms with van der Waals surface area (Å²) in [6, 6.07) is 11.6. The van der Waals surface area contributed by atoms with Gasteiger partial charge in [-0.05, 0) is 55.3 Å². The van der Waals surface area contributed by atoms with Crippen LogP contribution in [0.25, 0.3) is 5.76 Å². The number of aliphatic hydroxyl groups is 1. The molecule has 1 aliphatic heterocycles. The largest absolute Gasteiger partial charge is 0.507 e. The van der Waals surface area contributed by atoms with Gasteiger partial charge in [-0.2, -0.15) is 0 Å². The van der Waals surface area contributed by atoms with Gasteiger partial charge in [0, 0.05) is 5.56 Å². The Bertz CT molecular complexity index is 1540. The molecule has 42 heavy (non-hydrogen) atoms. The van der Waals surface area contributed by atoms with Crippen LogP contribution in [-0.2, 0) is 19.1 Å². The number of carbonyl (C=O) groups is 4. The van der Waals surface area contributed by atoms with E-state index >= 15 is 0 Å². The van der Waals surface area contributed by atoms with Crippen LogP contribution in [0.15, 0.2) is 66.8 Å². The van der Waals surface area contributed by atoms with Gasteiger partial charge >= 0.3 is 17.8 Å². The Balaban J connectivity index is 1.81. The maximum Gasteiger partial charge on any atom is 0.350 e. The summed E-state index contributed by atoms with van der Waals surface area (Å²) in [5.41, 5.74) is 1.12. The highest BCUT2D eigenvalue weighted by molar-refractivity contribution is 7.17. The molecule has 1 atom stereocenters. The number of nitrogens with zero attached hydrogens (tertiary/aromatic N) is 2. The number of benzene rings is 2. The number of carbonyl (C=O) groups excluding carboxylic acids is 4. The van der Waals surface area contributed by atoms with Crippen molar-refractivity contribution in [2.45, 2.75) is 32.7 Å². The highest BCUT2D eigenvalue weighted by atomic mass is 32.1. The fourth-order valence-corrected chi connectivity index (χ4v) is 5.33. The molecular weight excluding hydrogens is 560 g/mol.